The largest absolute Gasteiger partial charge is 0.480 e. The van der Waals surface area contributed by atoms with Crippen molar-refractivity contribution in [3.05, 3.63) is 29.6 Å². The summed E-state index contributed by atoms with van der Waals surface area (Å²) in [4.78, 5) is 11.0. The van der Waals surface area contributed by atoms with Crippen molar-refractivity contribution in [3.8, 4) is 6.07 Å². The number of carbonyl (C=O) groups is 1. The average Bonchev–Trinajstić information content (AvgIpc) is 3.09. The van der Waals surface area contributed by atoms with Gasteiger partial charge in [0.15, 0.2) is 0 Å². The summed E-state index contributed by atoms with van der Waals surface area (Å²) in [5.74, 6) is -1.54. The molecule has 1 fully saturated rings. The van der Waals surface area contributed by atoms with Crippen molar-refractivity contribution in [1.82, 2.24) is 0 Å². The van der Waals surface area contributed by atoms with Crippen LogP contribution >= 0.6 is 0 Å². The van der Waals surface area contributed by atoms with Crippen LogP contribution in [0.1, 0.15) is 18.4 Å². The number of carboxylic acid groups (broad SMARTS) is 1. The quantitative estimate of drug-likeness (QED) is 0.835. The first-order valence-electron chi connectivity index (χ1n) is 5.31. The van der Waals surface area contributed by atoms with Gasteiger partial charge in [-0.1, -0.05) is 6.07 Å². The normalized spacial score (nSPS) is 16.0. The number of hydrogen-bond donors (Lipinski definition) is 2. The molecule has 0 aliphatic heterocycles. The lowest BCUT2D eigenvalue weighted by atomic mass is 10.1. The second-order valence-electron chi connectivity index (χ2n) is 4.07. The number of benzene rings is 1. The van der Waals surface area contributed by atoms with Crippen LogP contribution in [-0.2, 0) is 4.79 Å². The zero-order valence-corrected chi connectivity index (χ0v) is 8.98. The molecule has 0 bridgehead atoms. The van der Waals surface area contributed by atoms with Gasteiger partial charge in [0.25, 0.3) is 0 Å². The molecule has 1 aliphatic carbocycles. The number of rotatable bonds is 4. The van der Waals surface area contributed by atoms with Crippen molar-refractivity contribution in [2.45, 2.75) is 18.9 Å². The SMILES string of the molecule is N#Cc1c(F)cccc1NC(C(=O)O)C1CC1. The van der Waals surface area contributed by atoms with Crippen molar-refractivity contribution < 1.29 is 14.3 Å². The third-order valence-electron chi connectivity index (χ3n) is 2.80. The number of anilines is 1. The molecule has 1 aliphatic rings. The second-order valence-corrected chi connectivity index (χ2v) is 4.07. The molecular formula is C12H11FN2O2. The van der Waals surface area contributed by atoms with E-state index in [1.165, 1.54) is 18.2 Å². The van der Waals surface area contributed by atoms with Crippen molar-refractivity contribution in [3.63, 3.8) is 0 Å². The Hall–Kier alpha value is -2.09. The first kappa shape index (κ1) is 11.4. The van der Waals surface area contributed by atoms with Gasteiger partial charge in [-0.15, -0.1) is 0 Å². The first-order chi connectivity index (χ1) is 8.13. The van der Waals surface area contributed by atoms with Gasteiger partial charge in [-0.05, 0) is 30.9 Å². The van der Waals surface area contributed by atoms with E-state index >= 15 is 0 Å². The van der Waals surface area contributed by atoms with E-state index in [2.05, 4.69) is 5.32 Å². The first-order valence-corrected chi connectivity index (χ1v) is 5.31. The smallest absolute Gasteiger partial charge is 0.326 e. The second kappa shape index (κ2) is 4.42. The van der Waals surface area contributed by atoms with Gasteiger partial charge in [0, 0.05) is 0 Å². The molecule has 1 atom stereocenters. The summed E-state index contributed by atoms with van der Waals surface area (Å²) in [5, 5.41) is 20.6. The number of hydrogen-bond acceptors (Lipinski definition) is 3. The summed E-state index contributed by atoms with van der Waals surface area (Å²) >= 11 is 0. The van der Waals surface area contributed by atoms with E-state index in [9.17, 15) is 9.18 Å². The highest BCUT2D eigenvalue weighted by Gasteiger charge is 2.36. The minimum Gasteiger partial charge on any atom is -0.480 e. The molecule has 5 heteroatoms. The van der Waals surface area contributed by atoms with E-state index in [0.29, 0.717) is 0 Å². The van der Waals surface area contributed by atoms with Crippen LogP contribution in [0.3, 0.4) is 0 Å². The molecule has 0 spiro atoms. The predicted octanol–water partition coefficient (Wildman–Crippen LogP) is 1.97. The predicted molar refractivity (Wildman–Crippen MR) is 58.9 cm³/mol. The molecule has 0 radical (unpaired) electrons. The van der Waals surface area contributed by atoms with Crippen LogP contribution in [0.5, 0.6) is 0 Å². The molecule has 1 aromatic carbocycles. The van der Waals surface area contributed by atoms with Crippen LogP contribution in [-0.4, -0.2) is 17.1 Å². The minimum absolute atomic E-state index is 0.0716. The highest BCUT2D eigenvalue weighted by Crippen LogP contribution is 2.35. The minimum atomic E-state index is -0.972. The van der Waals surface area contributed by atoms with E-state index in [-0.39, 0.29) is 17.2 Å². The Morgan fingerprint density at radius 2 is 2.29 bits per heavy atom. The van der Waals surface area contributed by atoms with Crippen LogP contribution < -0.4 is 5.32 Å². The third-order valence-corrected chi connectivity index (χ3v) is 2.80. The molecule has 1 aromatic rings. The lowest BCUT2D eigenvalue weighted by molar-refractivity contribution is -0.138. The fourth-order valence-corrected chi connectivity index (χ4v) is 1.74. The van der Waals surface area contributed by atoms with Crippen molar-refractivity contribution >= 4 is 11.7 Å². The van der Waals surface area contributed by atoms with Gasteiger partial charge in [0.1, 0.15) is 23.5 Å². The summed E-state index contributed by atoms with van der Waals surface area (Å²) < 4.78 is 13.3. The Labute approximate surface area is 97.7 Å². The standard InChI is InChI=1S/C12H11FN2O2/c13-9-2-1-3-10(8(9)6-14)15-11(12(16)17)7-4-5-7/h1-3,7,11,15H,4-5H2,(H,16,17). The number of halogens is 1. The average molecular weight is 234 g/mol. The molecule has 0 amide bonds. The molecule has 2 rings (SSSR count). The molecule has 0 saturated heterocycles. The molecule has 4 nitrogen and oxygen atoms in total. The Kier molecular flexibility index (Phi) is 2.96. The van der Waals surface area contributed by atoms with Gasteiger partial charge in [-0.25, -0.2) is 9.18 Å². The molecule has 0 aromatic heterocycles. The van der Waals surface area contributed by atoms with Crippen molar-refractivity contribution in [1.29, 1.82) is 5.26 Å². The summed E-state index contributed by atoms with van der Waals surface area (Å²) in [5.41, 5.74) is 0.103. The number of nitrogens with one attached hydrogen (secondary N) is 1. The topological polar surface area (TPSA) is 73.1 Å². The highest BCUT2D eigenvalue weighted by atomic mass is 19.1. The van der Waals surface area contributed by atoms with Crippen LogP contribution in [0.4, 0.5) is 10.1 Å². The number of nitrogens with zero attached hydrogens (tertiary/aromatic N) is 1. The van der Waals surface area contributed by atoms with Crippen molar-refractivity contribution in [2.75, 3.05) is 5.32 Å². The summed E-state index contributed by atoms with van der Waals surface area (Å²) in [7, 11) is 0. The van der Waals surface area contributed by atoms with Crippen LogP contribution in [0, 0.1) is 23.1 Å². The van der Waals surface area contributed by atoms with Gasteiger partial charge in [0.2, 0.25) is 0 Å². The van der Waals surface area contributed by atoms with Gasteiger partial charge < -0.3 is 10.4 Å². The molecule has 17 heavy (non-hydrogen) atoms. The Balaban J connectivity index is 2.26. The van der Waals surface area contributed by atoms with Crippen molar-refractivity contribution in [2.24, 2.45) is 5.92 Å². The Bertz CT molecular complexity index is 492. The lowest BCUT2D eigenvalue weighted by Crippen LogP contribution is -2.31. The Morgan fingerprint density at radius 1 is 1.59 bits per heavy atom. The zero-order valence-electron chi connectivity index (χ0n) is 8.98. The van der Waals surface area contributed by atoms with Gasteiger partial charge in [-0.2, -0.15) is 5.26 Å². The molecule has 1 unspecified atom stereocenters. The maximum Gasteiger partial charge on any atom is 0.326 e. The zero-order chi connectivity index (χ0) is 12.4. The maximum atomic E-state index is 13.3. The Morgan fingerprint density at radius 3 is 2.82 bits per heavy atom. The molecule has 88 valence electrons. The van der Waals surface area contributed by atoms with Crippen LogP contribution in [0.25, 0.3) is 0 Å². The molecule has 1 saturated carbocycles. The molecule has 0 heterocycles. The van der Waals surface area contributed by atoms with E-state index in [4.69, 9.17) is 10.4 Å². The van der Waals surface area contributed by atoms with Crippen LogP contribution in [0.2, 0.25) is 0 Å². The van der Waals surface area contributed by atoms with E-state index in [0.717, 1.165) is 12.8 Å². The van der Waals surface area contributed by atoms with Gasteiger partial charge in [-0.3, -0.25) is 0 Å². The highest BCUT2D eigenvalue weighted by molar-refractivity contribution is 5.79. The summed E-state index contributed by atoms with van der Waals surface area (Å²) in [6, 6.07) is 5.13. The number of nitriles is 1. The fraction of sp³-hybridized carbons (Fsp3) is 0.333. The molecule has 2 N–H and O–H groups in total. The number of aliphatic carboxylic acids is 1. The monoisotopic (exact) mass is 234 g/mol. The van der Waals surface area contributed by atoms with E-state index in [1.807, 2.05) is 0 Å². The van der Waals surface area contributed by atoms with Gasteiger partial charge >= 0.3 is 5.97 Å². The van der Waals surface area contributed by atoms with Crippen LogP contribution in [0.15, 0.2) is 18.2 Å². The fourth-order valence-electron chi connectivity index (χ4n) is 1.74. The third kappa shape index (κ3) is 2.36. The summed E-state index contributed by atoms with van der Waals surface area (Å²) in [6.45, 7) is 0. The van der Waals surface area contributed by atoms with E-state index < -0.39 is 17.8 Å². The van der Waals surface area contributed by atoms with E-state index in [1.54, 1.807) is 6.07 Å². The summed E-state index contributed by atoms with van der Waals surface area (Å²) in [6.07, 6.45) is 1.70. The number of carboxylic acids is 1. The van der Waals surface area contributed by atoms with Gasteiger partial charge in [0.05, 0.1) is 5.69 Å². The molecular weight excluding hydrogens is 223 g/mol. The maximum absolute atomic E-state index is 13.3. The lowest BCUT2D eigenvalue weighted by Gasteiger charge is -2.15.